The summed E-state index contributed by atoms with van der Waals surface area (Å²) < 4.78 is 38.4. The van der Waals surface area contributed by atoms with Gasteiger partial charge in [0.2, 0.25) is 10.0 Å². The first kappa shape index (κ1) is 17.2. The number of nitro benzene ring substituents is 1. The Bertz CT molecular complexity index is 895. The number of hydrogen-bond donors (Lipinski definition) is 1. The smallest absolute Gasteiger partial charge is 0.269 e. The van der Waals surface area contributed by atoms with Gasteiger partial charge in [0, 0.05) is 18.2 Å². The number of benzene rings is 2. The van der Waals surface area contributed by atoms with E-state index in [-0.39, 0.29) is 10.6 Å². The average Bonchev–Trinajstić information content (AvgIpc) is 2.61. The third-order valence-electron chi connectivity index (χ3n) is 3.76. The first-order valence-electron chi connectivity index (χ1n) is 7.53. The predicted molar refractivity (Wildman–Crippen MR) is 89.3 cm³/mol. The van der Waals surface area contributed by atoms with E-state index in [2.05, 4.69) is 4.72 Å². The highest BCUT2D eigenvalue weighted by Crippen LogP contribution is 2.33. The van der Waals surface area contributed by atoms with E-state index >= 15 is 0 Å². The molecule has 0 aliphatic carbocycles. The van der Waals surface area contributed by atoms with Crippen molar-refractivity contribution >= 4 is 15.7 Å². The van der Waals surface area contributed by atoms with Crippen molar-refractivity contribution in [3.05, 3.63) is 58.1 Å². The van der Waals surface area contributed by atoms with Gasteiger partial charge in [0.15, 0.2) is 11.5 Å². The molecular formula is C16H16N2O6S. The molecule has 0 saturated carbocycles. The van der Waals surface area contributed by atoms with Crippen molar-refractivity contribution in [1.29, 1.82) is 0 Å². The standard InChI is InChI=1S/C16H16N2O6S/c1-11(12-2-7-15-16(10-12)24-9-8-23-15)17-25(21,22)14-5-3-13(4-6-14)18(19)20/h2-7,10-11,17H,8-9H2,1H3/t11-/m1/s1. The highest BCUT2D eigenvalue weighted by atomic mass is 32.2. The Morgan fingerprint density at radius 2 is 1.72 bits per heavy atom. The topological polar surface area (TPSA) is 108 Å². The van der Waals surface area contributed by atoms with Crippen LogP contribution in [0.25, 0.3) is 0 Å². The van der Waals surface area contributed by atoms with Crippen LogP contribution < -0.4 is 14.2 Å². The summed E-state index contributed by atoms with van der Waals surface area (Å²) in [5.74, 6) is 1.20. The second-order valence-electron chi connectivity index (χ2n) is 5.50. The minimum Gasteiger partial charge on any atom is -0.486 e. The second kappa shape index (κ2) is 6.69. The molecule has 1 heterocycles. The van der Waals surface area contributed by atoms with Crippen molar-refractivity contribution in [3.63, 3.8) is 0 Å². The highest BCUT2D eigenvalue weighted by molar-refractivity contribution is 7.89. The molecule has 0 radical (unpaired) electrons. The molecule has 0 bridgehead atoms. The number of fused-ring (bicyclic) bond motifs is 1. The van der Waals surface area contributed by atoms with Crippen LogP contribution in [-0.2, 0) is 10.0 Å². The SMILES string of the molecule is C[C@@H](NS(=O)(=O)c1ccc([N+](=O)[O-])cc1)c1ccc2c(c1)OCCO2. The summed E-state index contributed by atoms with van der Waals surface area (Å²) >= 11 is 0. The molecule has 0 aromatic heterocycles. The number of rotatable bonds is 5. The van der Waals surface area contributed by atoms with Gasteiger partial charge >= 0.3 is 0 Å². The summed E-state index contributed by atoms with van der Waals surface area (Å²) in [6.45, 7) is 2.63. The Balaban J connectivity index is 1.79. The molecule has 25 heavy (non-hydrogen) atoms. The van der Waals surface area contributed by atoms with Crippen molar-refractivity contribution in [2.75, 3.05) is 13.2 Å². The zero-order chi connectivity index (χ0) is 18.0. The van der Waals surface area contributed by atoms with Gasteiger partial charge in [-0.2, -0.15) is 0 Å². The Hall–Kier alpha value is -2.65. The van der Waals surface area contributed by atoms with E-state index in [4.69, 9.17) is 9.47 Å². The lowest BCUT2D eigenvalue weighted by Gasteiger charge is -2.21. The fourth-order valence-corrected chi connectivity index (χ4v) is 3.68. The van der Waals surface area contributed by atoms with E-state index < -0.39 is 21.0 Å². The van der Waals surface area contributed by atoms with Crippen molar-refractivity contribution < 1.29 is 22.8 Å². The van der Waals surface area contributed by atoms with E-state index in [0.29, 0.717) is 24.7 Å². The van der Waals surface area contributed by atoms with E-state index in [1.165, 1.54) is 12.1 Å². The number of non-ortho nitro benzene ring substituents is 1. The molecular weight excluding hydrogens is 348 g/mol. The van der Waals surface area contributed by atoms with E-state index in [9.17, 15) is 18.5 Å². The van der Waals surface area contributed by atoms with Crippen LogP contribution in [0.2, 0.25) is 0 Å². The molecule has 0 amide bonds. The third-order valence-corrected chi connectivity index (χ3v) is 5.31. The maximum Gasteiger partial charge on any atom is 0.269 e. The normalized spacial score (nSPS) is 14.8. The van der Waals surface area contributed by atoms with E-state index in [1.54, 1.807) is 25.1 Å². The predicted octanol–water partition coefficient (Wildman–Crippen LogP) is 2.41. The first-order valence-corrected chi connectivity index (χ1v) is 9.01. The van der Waals surface area contributed by atoms with Gasteiger partial charge in [0.25, 0.3) is 5.69 Å². The van der Waals surface area contributed by atoms with Crippen molar-refractivity contribution in [2.24, 2.45) is 0 Å². The summed E-state index contributed by atoms with van der Waals surface area (Å²) in [7, 11) is -3.82. The summed E-state index contributed by atoms with van der Waals surface area (Å²) in [5, 5.41) is 10.7. The summed E-state index contributed by atoms with van der Waals surface area (Å²) in [6, 6.07) is 9.44. The second-order valence-corrected chi connectivity index (χ2v) is 7.21. The van der Waals surface area contributed by atoms with Crippen LogP contribution in [0, 0.1) is 10.1 Å². The number of nitrogens with one attached hydrogen (secondary N) is 1. The molecule has 8 nitrogen and oxygen atoms in total. The lowest BCUT2D eigenvalue weighted by Crippen LogP contribution is -2.27. The lowest BCUT2D eigenvalue weighted by atomic mass is 10.1. The van der Waals surface area contributed by atoms with Gasteiger partial charge in [-0.25, -0.2) is 13.1 Å². The number of nitro groups is 1. The Kier molecular flexibility index (Phi) is 4.60. The Morgan fingerprint density at radius 3 is 2.36 bits per heavy atom. The van der Waals surface area contributed by atoms with Crippen LogP contribution in [-0.4, -0.2) is 26.6 Å². The molecule has 1 aliphatic heterocycles. The molecule has 132 valence electrons. The molecule has 0 fully saturated rings. The van der Waals surface area contributed by atoms with Gasteiger partial charge in [0.05, 0.1) is 9.82 Å². The minimum atomic E-state index is -3.82. The Morgan fingerprint density at radius 1 is 1.08 bits per heavy atom. The summed E-state index contributed by atoms with van der Waals surface area (Å²) in [5.41, 5.74) is 0.550. The molecule has 0 spiro atoms. The zero-order valence-corrected chi connectivity index (χ0v) is 14.2. The zero-order valence-electron chi connectivity index (χ0n) is 13.3. The minimum absolute atomic E-state index is 0.0394. The quantitative estimate of drug-likeness (QED) is 0.645. The van der Waals surface area contributed by atoms with Crippen LogP contribution in [0.1, 0.15) is 18.5 Å². The maximum absolute atomic E-state index is 12.4. The fourth-order valence-electron chi connectivity index (χ4n) is 2.45. The molecule has 1 N–H and O–H groups in total. The molecule has 2 aromatic rings. The van der Waals surface area contributed by atoms with E-state index in [0.717, 1.165) is 17.7 Å². The Labute approximate surface area is 144 Å². The lowest BCUT2D eigenvalue weighted by molar-refractivity contribution is -0.384. The third kappa shape index (κ3) is 3.72. The number of hydrogen-bond acceptors (Lipinski definition) is 6. The number of nitrogens with zero attached hydrogens (tertiary/aromatic N) is 1. The maximum atomic E-state index is 12.4. The van der Waals surface area contributed by atoms with Crippen molar-refractivity contribution in [3.8, 4) is 11.5 Å². The summed E-state index contributed by atoms with van der Waals surface area (Å²) in [6.07, 6.45) is 0. The van der Waals surface area contributed by atoms with Gasteiger partial charge in [-0.1, -0.05) is 6.07 Å². The largest absolute Gasteiger partial charge is 0.486 e. The van der Waals surface area contributed by atoms with Gasteiger partial charge in [-0.15, -0.1) is 0 Å². The van der Waals surface area contributed by atoms with Gasteiger partial charge < -0.3 is 9.47 Å². The monoisotopic (exact) mass is 364 g/mol. The van der Waals surface area contributed by atoms with Crippen LogP contribution >= 0.6 is 0 Å². The number of sulfonamides is 1. The average molecular weight is 364 g/mol. The fraction of sp³-hybridized carbons (Fsp3) is 0.250. The molecule has 0 saturated heterocycles. The summed E-state index contributed by atoms with van der Waals surface area (Å²) in [4.78, 5) is 10.0. The molecule has 0 unspecified atom stereocenters. The van der Waals surface area contributed by atoms with Crippen LogP contribution in [0.15, 0.2) is 47.4 Å². The molecule has 1 aliphatic rings. The molecule has 2 aromatic carbocycles. The van der Waals surface area contributed by atoms with E-state index in [1.807, 2.05) is 0 Å². The van der Waals surface area contributed by atoms with Gasteiger partial charge in [-0.05, 0) is 36.8 Å². The van der Waals surface area contributed by atoms with Crippen LogP contribution in [0.5, 0.6) is 11.5 Å². The molecule has 9 heteroatoms. The molecule has 1 atom stereocenters. The van der Waals surface area contributed by atoms with Gasteiger partial charge in [-0.3, -0.25) is 10.1 Å². The van der Waals surface area contributed by atoms with Crippen molar-refractivity contribution in [1.82, 2.24) is 4.72 Å². The molecule has 3 rings (SSSR count). The van der Waals surface area contributed by atoms with Gasteiger partial charge in [0.1, 0.15) is 13.2 Å². The van der Waals surface area contributed by atoms with Crippen LogP contribution in [0.3, 0.4) is 0 Å². The van der Waals surface area contributed by atoms with Crippen LogP contribution in [0.4, 0.5) is 5.69 Å². The van der Waals surface area contributed by atoms with Crippen molar-refractivity contribution in [2.45, 2.75) is 17.9 Å². The highest BCUT2D eigenvalue weighted by Gasteiger charge is 2.21. The first-order chi connectivity index (χ1) is 11.9. The number of ether oxygens (including phenoxy) is 2.